The minimum absolute atomic E-state index is 0.0941. The highest BCUT2D eigenvalue weighted by Gasteiger charge is 2.20. The average Bonchev–Trinajstić information content (AvgIpc) is 3.23. The minimum atomic E-state index is -0.159. The molecule has 0 saturated heterocycles. The molecule has 0 aliphatic carbocycles. The summed E-state index contributed by atoms with van der Waals surface area (Å²) in [5, 5.41) is 3.10. The number of rotatable bonds is 5. The first-order chi connectivity index (χ1) is 14.0. The number of fused-ring (bicyclic) bond motifs is 1. The van der Waals surface area contributed by atoms with Crippen LogP contribution in [0, 0.1) is 13.8 Å². The maximum Gasteiger partial charge on any atom is 0.253 e. The van der Waals surface area contributed by atoms with Gasteiger partial charge in [-0.3, -0.25) is 4.79 Å². The van der Waals surface area contributed by atoms with Gasteiger partial charge >= 0.3 is 0 Å². The van der Waals surface area contributed by atoms with Crippen LogP contribution < -0.4 is 14.8 Å². The molecule has 0 radical (unpaired) electrons. The van der Waals surface area contributed by atoms with Gasteiger partial charge in [0.05, 0.1) is 37.6 Å². The summed E-state index contributed by atoms with van der Waals surface area (Å²) in [4.78, 5) is 13.0. The maximum absolute atomic E-state index is 13.0. The van der Waals surface area contributed by atoms with Crippen molar-refractivity contribution in [2.75, 3.05) is 13.2 Å². The molecule has 0 saturated carbocycles. The first-order valence-corrected chi connectivity index (χ1v) is 9.92. The Morgan fingerprint density at radius 2 is 1.93 bits per heavy atom. The van der Waals surface area contributed by atoms with E-state index in [0.29, 0.717) is 25.3 Å². The van der Waals surface area contributed by atoms with Gasteiger partial charge in [0, 0.05) is 17.8 Å². The summed E-state index contributed by atoms with van der Waals surface area (Å²) in [7, 11) is 0. The SMILES string of the molecule is Cc1cc(C(=O)NC(C)c2ccc3c(c2)OCCCO3)c(C)n1Cc1ccco1. The lowest BCUT2D eigenvalue weighted by Crippen LogP contribution is -2.27. The van der Waals surface area contributed by atoms with Crippen LogP contribution in [0.15, 0.2) is 47.1 Å². The Hall–Kier alpha value is -3.15. The number of amides is 1. The molecular formula is C23H26N2O4. The normalized spacial score (nSPS) is 14.3. The van der Waals surface area contributed by atoms with Crippen LogP contribution in [0.5, 0.6) is 11.5 Å². The molecule has 0 spiro atoms. The Morgan fingerprint density at radius 1 is 1.14 bits per heavy atom. The lowest BCUT2D eigenvalue weighted by molar-refractivity contribution is 0.0939. The van der Waals surface area contributed by atoms with E-state index >= 15 is 0 Å². The third-order valence-corrected chi connectivity index (χ3v) is 5.33. The second kappa shape index (κ2) is 8.07. The van der Waals surface area contributed by atoms with Gasteiger partial charge in [0.15, 0.2) is 11.5 Å². The predicted molar refractivity (Wildman–Crippen MR) is 110 cm³/mol. The molecule has 29 heavy (non-hydrogen) atoms. The van der Waals surface area contributed by atoms with Gasteiger partial charge in [0.2, 0.25) is 0 Å². The fraction of sp³-hybridized carbons (Fsp3) is 0.348. The number of carbonyl (C=O) groups excluding carboxylic acids is 1. The average molecular weight is 394 g/mol. The van der Waals surface area contributed by atoms with E-state index in [0.717, 1.165) is 40.6 Å². The van der Waals surface area contributed by atoms with Crippen LogP contribution in [-0.4, -0.2) is 23.7 Å². The Kier molecular flexibility index (Phi) is 5.34. The van der Waals surface area contributed by atoms with Crippen LogP contribution in [0.4, 0.5) is 0 Å². The number of hydrogen-bond donors (Lipinski definition) is 1. The lowest BCUT2D eigenvalue weighted by atomic mass is 10.1. The van der Waals surface area contributed by atoms with Gasteiger partial charge in [-0.15, -0.1) is 0 Å². The van der Waals surface area contributed by atoms with Gasteiger partial charge in [0.25, 0.3) is 5.91 Å². The number of furan rings is 1. The summed E-state index contributed by atoms with van der Waals surface area (Å²) in [6, 6.07) is 11.4. The number of hydrogen-bond acceptors (Lipinski definition) is 4. The summed E-state index contributed by atoms with van der Waals surface area (Å²) >= 11 is 0. The Bertz CT molecular complexity index is 1000. The van der Waals surface area contributed by atoms with Gasteiger partial charge < -0.3 is 23.8 Å². The van der Waals surface area contributed by atoms with Crippen LogP contribution in [0.2, 0.25) is 0 Å². The molecule has 1 aliphatic heterocycles. The first-order valence-electron chi connectivity index (χ1n) is 9.92. The third kappa shape index (κ3) is 4.01. The van der Waals surface area contributed by atoms with E-state index in [9.17, 15) is 4.79 Å². The molecule has 6 heteroatoms. The smallest absolute Gasteiger partial charge is 0.253 e. The molecule has 3 heterocycles. The topological polar surface area (TPSA) is 65.6 Å². The molecule has 1 N–H and O–H groups in total. The van der Waals surface area contributed by atoms with Crippen molar-refractivity contribution in [2.24, 2.45) is 0 Å². The summed E-state index contributed by atoms with van der Waals surface area (Å²) in [6.45, 7) is 7.84. The van der Waals surface area contributed by atoms with E-state index in [4.69, 9.17) is 13.9 Å². The van der Waals surface area contributed by atoms with Gasteiger partial charge in [0.1, 0.15) is 5.76 Å². The molecule has 1 aliphatic rings. The highest BCUT2D eigenvalue weighted by Crippen LogP contribution is 2.32. The van der Waals surface area contributed by atoms with E-state index in [2.05, 4.69) is 9.88 Å². The second-order valence-electron chi connectivity index (χ2n) is 7.40. The molecule has 0 bridgehead atoms. The van der Waals surface area contributed by atoms with E-state index in [-0.39, 0.29) is 11.9 Å². The maximum atomic E-state index is 13.0. The molecule has 2 aromatic heterocycles. The minimum Gasteiger partial charge on any atom is -0.490 e. The Balaban J connectivity index is 1.50. The summed E-state index contributed by atoms with van der Waals surface area (Å²) in [6.07, 6.45) is 2.53. The summed E-state index contributed by atoms with van der Waals surface area (Å²) < 4.78 is 19.0. The first kappa shape index (κ1) is 19.2. The van der Waals surface area contributed by atoms with Gasteiger partial charge in [-0.2, -0.15) is 0 Å². The highest BCUT2D eigenvalue weighted by atomic mass is 16.5. The Labute approximate surface area is 170 Å². The molecule has 6 nitrogen and oxygen atoms in total. The molecule has 1 unspecified atom stereocenters. The fourth-order valence-corrected chi connectivity index (χ4v) is 3.64. The van der Waals surface area contributed by atoms with Crippen molar-refractivity contribution in [3.8, 4) is 11.5 Å². The van der Waals surface area contributed by atoms with E-state index < -0.39 is 0 Å². The van der Waals surface area contributed by atoms with Crippen LogP contribution in [0.3, 0.4) is 0 Å². The zero-order valence-corrected chi connectivity index (χ0v) is 17.0. The number of nitrogens with one attached hydrogen (secondary N) is 1. The van der Waals surface area contributed by atoms with Crippen molar-refractivity contribution in [1.82, 2.24) is 9.88 Å². The zero-order chi connectivity index (χ0) is 20.4. The lowest BCUT2D eigenvalue weighted by Gasteiger charge is -2.16. The molecule has 1 aromatic carbocycles. The molecule has 1 atom stereocenters. The van der Waals surface area contributed by atoms with Crippen molar-refractivity contribution < 1.29 is 18.7 Å². The Morgan fingerprint density at radius 3 is 2.69 bits per heavy atom. The molecular weight excluding hydrogens is 368 g/mol. The number of nitrogens with zero attached hydrogens (tertiary/aromatic N) is 1. The quantitative estimate of drug-likeness (QED) is 0.697. The van der Waals surface area contributed by atoms with Crippen molar-refractivity contribution in [3.05, 3.63) is 70.9 Å². The summed E-state index contributed by atoms with van der Waals surface area (Å²) in [5.41, 5.74) is 3.59. The van der Waals surface area contributed by atoms with Crippen LogP contribution in [0.25, 0.3) is 0 Å². The van der Waals surface area contributed by atoms with Gasteiger partial charge in [-0.05, 0) is 56.7 Å². The number of ether oxygens (including phenoxy) is 2. The molecule has 4 rings (SSSR count). The monoisotopic (exact) mass is 394 g/mol. The third-order valence-electron chi connectivity index (χ3n) is 5.33. The van der Waals surface area contributed by atoms with Crippen molar-refractivity contribution in [3.63, 3.8) is 0 Å². The van der Waals surface area contributed by atoms with Crippen LogP contribution in [-0.2, 0) is 6.54 Å². The second-order valence-corrected chi connectivity index (χ2v) is 7.40. The van der Waals surface area contributed by atoms with Crippen molar-refractivity contribution in [1.29, 1.82) is 0 Å². The number of aromatic nitrogens is 1. The zero-order valence-electron chi connectivity index (χ0n) is 17.0. The van der Waals surface area contributed by atoms with Gasteiger partial charge in [-0.25, -0.2) is 0 Å². The van der Waals surface area contributed by atoms with Crippen molar-refractivity contribution in [2.45, 2.75) is 39.8 Å². The highest BCUT2D eigenvalue weighted by molar-refractivity contribution is 5.96. The molecule has 152 valence electrons. The number of carbonyl (C=O) groups is 1. The van der Waals surface area contributed by atoms with E-state index in [1.165, 1.54) is 0 Å². The standard InChI is InChI=1S/C23H26N2O4/c1-15-12-20(17(3)25(15)14-19-6-4-9-27-19)23(26)24-16(2)18-7-8-21-22(13-18)29-11-5-10-28-21/h4,6-9,12-13,16H,5,10-11,14H2,1-3H3,(H,24,26). The fourth-order valence-electron chi connectivity index (χ4n) is 3.64. The van der Waals surface area contributed by atoms with Crippen LogP contribution in [0.1, 0.15) is 52.5 Å². The molecule has 1 amide bonds. The predicted octanol–water partition coefficient (Wildman–Crippen LogP) is 4.40. The molecule has 0 fully saturated rings. The van der Waals surface area contributed by atoms with Gasteiger partial charge in [-0.1, -0.05) is 6.07 Å². The number of benzene rings is 1. The van der Waals surface area contributed by atoms with Crippen LogP contribution >= 0.6 is 0 Å². The van der Waals surface area contributed by atoms with E-state index in [1.807, 2.05) is 57.2 Å². The summed E-state index contributed by atoms with van der Waals surface area (Å²) in [5.74, 6) is 2.26. The largest absolute Gasteiger partial charge is 0.490 e. The number of aryl methyl sites for hydroxylation is 1. The van der Waals surface area contributed by atoms with Crippen molar-refractivity contribution >= 4 is 5.91 Å². The molecule has 3 aromatic rings. The van der Waals surface area contributed by atoms with E-state index in [1.54, 1.807) is 6.26 Å².